The van der Waals surface area contributed by atoms with Crippen LogP contribution in [-0.2, 0) is 4.79 Å². The molecule has 1 aromatic carbocycles. The molecular formula is C16H21NO3. The lowest BCUT2D eigenvalue weighted by Crippen LogP contribution is -2.14. The predicted molar refractivity (Wildman–Crippen MR) is 76.2 cm³/mol. The van der Waals surface area contributed by atoms with E-state index in [0.29, 0.717) is 0 Å². The molecule has 1 saturated carbocycles. The summed E-state index contributed by atoms with van der Waals surface area (Å²) >= 11 is 0. The average molecular weight is 291 g/mol. The maximum absolute atomic E-state index is 11.8. The van der Waals surface area contributed by atoms with E-state index in [-0.39, 0.29) is 0 Å². The second-order valence-electron chi connectivity index (χ2n) is 4.00. The third kappa shape index (κ3) is 2.74. The SMILES string of the molecule is [2H]c1c([2H])c(C2([2H])CNC(=O)C2)c([2H])c(OC2([2H])C([2H])([2H])C([2H])([2H])C([2H])([2H])C2([2H])[2H])c1OC([2H])([2H])[2H]. The maximum atomic E-state index is 11.8. The van der Waals surface area contributed by atoms with Crippen LogP contribution in [0.25, 0.3) is 0 Å². The van der Waals surface area contributed by atoms with Gasteiger partial charge < -0.3 is 14.8 Å². The highest BCUT2D eigenvalue weighted by molar-refractivity contribution is 5.79. The van der Waals surface area contributed by atoms with Gasteiger partial charge >= 0.3 is 0 Å². The van der Waals surface area contributed by atoms with Crippen molar-refractivity contribution in [1.29, 1.82) is 0 Å². The monoisotopic (exact) mass is 291 g/mol. The third-order valence-electron chi connectivity index (χ3n) is 2.69. The number of carbonyl (C=O) groups excluding carboxylic acids is 1. The number of rotatable bonds is 4. The summed E-state index contributed by atoms with van der Waals surface area (Å²) in [5, 5.41) is 2.31. The van der Waals surface area contributed by atoms with Gasteiger partial charge in [-0.25, -0.2) is 0 Å². The van der Waals surface area contributed by atoms with Gasteiger partial charge in [0, 0.05) is 31.2 Å². The Morgan fingerprint density at radius 1 is 1.45 bits per heavy atom. The normalized spacial score (nSPS) is 50.5. The van der Waals surface area contributed by atoms with Crippen LogP contribution in [-0.4, -0.2) is 25.6 Å². The Labute approximate surface area is 141 Å². The van der Waals surface area contributed by atoms with Crippen molar-refractivity contribution in [3.63, 3.8) is 0 Å². The molecule has 4 heteroatoms. The van der Waals surface area contributed by atoms with Gasteiger partial charge in [0.05, 0.1) is 22.7 Å². The number of carbonyl (C=O) groups is 1. The first-order valence-electron chi connectivity index (χ1n) is 13.7. The molecule has 1 N–H and O–H groups in total. The lowest BCUT2D eigenvalue weighted by Gasteiger charge is -2.18. The van der Waals surface area contributed by atoms with Gasteiger partial charge in [0.15, 0.2) is 11.5 Å². The van der Waals surface area contributed by atoms with E-state index >= 15 is 0 Å². The van der Waals surface area contributed by atoms with Gasteiger partial charge in [0.1, 0.15) is 0 Å². The number of hydrogen-bond acceptors (Lipinski definition) is 3. The highest BCUT2D eigenvalue weighted by Crippen LogP contribution is 2.35. The molecule has 3 rings (SSSR count). The summed E-state index contributed by atoms with van der Waals surface area (Å²) in [7, 11) is -3.36. The van der Waals surface area contributed by atoms with E-state index in [1.807, 2.05) is 0 Å². The van der Waals surface area contributed by atoms with Gasteiger partial charge in [0.2, 0.25) is 5.91 Å². The molecule has 2 fully saturated rings. The van der Waals surface area contributed by atoms with E-state index in [1.54, 1.807) is 0 Å². The van der Waals surface area contributed by atoms with Gasteiger partial charge in [-0.05, 0) is 43.1 Å². The number of hydrogen-bond donors (Lipinski definition) is 1. The Hall–Kier alpha value is -1.71. The Balaban J connectivity index is 2.37. The van der Waals surface area contributed by atoms with Crippen molar-refractivity contribution in [3.05, 3.63) is 23.7 Å². The zero-order valence-corrected chi connectivity index (χ0v) is 10.1. The van der Waals surface area contributed by atoms with Crippen LogP contribution >= 0.6 is 0 Å². The fourth-order valence-electron chi connectivity index (χ4n) is 1.76. The Morgan fingerprint density at radius 2 is 2.30 bits per heavy atom. The first-order chi connectivity index (χ1) is 15.9. The van der Waals surface area contributed by atoms with Gasteiger partial charge in [-0.2, -0.15) is 0 Å². The molecule has 1 aromatic rings. The minimum atomic E-state index is -3.83. The largest absolute Gasteiger partial charge is 0.493 e. The highest BCUT2D eigenvalue weighted by Gasteiger charge is 2.25. The number of benzene rings is 1. The highest BCUT2D eigenvalue weighted by atomic mass is 16.5. The molecule has 2 aliphatic rings. The van der Waals surface area contributed by atoms with Crippen LogP contribution in [0.2, 0.25) is 0 Å². The van der Waals surface area contributed by atoms with Crippen LogP contribution in [0.3, 0.4) is 0 Å². The van der Waals surface area contributed by atoms with Crippen molar-refractivity contribution >= 4 is 5.91 Å². The molecule has 1 unspecified atom stereocenters. The second-order valence-corrected chi connectivity index (χ2v) is 4.00. The molecule has 20 heavy (non-hydrogen) atoms. The van der Waals surface area contributed by atoms with Crippen LogP contribution in [0.5, 0.6) is 11.5 Å². The average Bonchev–Trinajstić information content (AvgIpc) is 3.07. The number of ether oxygens (including phenoxy) is 2. The topological polar surface area (TPSA) is 47.6 Å². The molecule has 1 aliphatic heterocycles. The Kier molecular flexibility index (Phi) is 1.19. The number of amides is 1. The summed E-state index contributed by atoms with van der Waals surface area (Å²) in [4.78, 5) is 11.8. The smallest absolute Gasteiger partial charge is 0.220 e. The lowest BCUT2D eigenvalue weighted by molar-refractivity contribution is -0.119. The van der Waals surface area contributed by atoms with Crippen LogP contribution < -0.4 is 14.8 Å². The minimum Gasteiger partial charge on any atom is -0.493 e. The molecule has 1 amide bonds. The molecule has 0 radical (unpaired) electrons. The second kappa shape index (κ2) is 5.73. The standard InChI is InChI=1S/C16H21NO3/c1-19-14-7-6-11(12-9-16(18)17-10-12)8-15(14)20-13-4-2-3-5-13/h6-8,12-13H,2-5,9-10H2,1H3,(H,17,18)/i1D3,2D2,3D2,4D2,5D2,6D,7D,8D,12D,13D. The molecule has 4 nitrogen and oxygen atoms in total. The molecule has 1 aliphatic carbocycles. The first-order valence-corrected chi connectivity index (χ1v) is 5.68. The predicted octanol–water partition coefficient (Wildman–Crippen LogP) is 2.62. The van der Waals surface area contributed by atoms with E-state index in [1.165, 1.54) is 0 Å². The van der Waals surface area contributed by atoms with Gasteiger partial charge in [-0.15, -0.1) is 0 Å². The van der Waals surface area contributed by atoms with Gasteiger partial charge in [0.25, 0.3) is 0 Å². The van der Waals surface area contributed by atoms with Crippen molar-refractivity contribution in [2.24, 2.45) is 0 Å². The summed E-state index contributed by atoms with van der Waals surface area (Å²) in [6.07, 6.45) is -19.3. The zero-order valence-electron chi connectivity index (χ0n) is 26.1. The van der Waals surface area contributed by atoms with Crippen LogP contribution in [0.1, 0.15) is 65.3 Å². The Bertz CT molecular complexity index is 1090. The van der Waals surface area contributed by atoms with Crippen molar-refractivity contribution in [2.75, 3.05) is 13.6 Å². The zero-order chi connectivity index (χ0) is 28.1. The van der Waals surface area contributed by atoms with Crippen LogP contribution in [0, 0.1) is 0 Å². The summed E-state index contributed by atoms with van der Waals surface area (Å²) < 4.78 is 138. The molecule has 0 spiro atoms. The number of methoxy groups -OCH3 is 1. The van der Waals surface area contributed by atoms with Gasteiger partial charge in [-0.3, -0.25) is 4.79 Å². The van der Waals surface area contributed by atoms with E-state index in [2.05, 4.69) is 10.1 Å². The molecule has 1 atom stereocenters. The van der Waals surface area contributed by atoms with Crippen LogP contribution in [0.4, 0.5) is 0 Å². The molecule has 0 bridgehead atoms. The molecular weight excluding hydrogens is 254 g/mol. The van der Waals surface area contributed by atoms with Crippen molar-refractivity contribution in [1.82, 2.24) is 5.32 Å². The van der Waals surface area contributed by atoms with Crippen LogP contribution in [0.15, 0.2) is 18.1 Å². The third-order valence-corrected chi connectivity index (χ3v) is 2.69. The minimum absolute atomic E-state index is 0.444. The van der Waals surface area contributed by atoms with E-state index in [9.17, 15) is 4.79 Å². The molecule has 1 heterocycles. The summed E-state index contributed by atoms with van der Waals surface area (Å²) in [5.74, 6) is -5.23. The fourth-order valence-corrected chi connectivity index (χ4v) is 1.76. The summed E-state index contributed by atoms with van der Waals surface area (Å²) in [6, 6.07) is -3.12. The number of nitrogens with one attached hydrogen (secondary N) is 1. The fraction of sp³-hybridized carbons (Fsp3) is 0.562. The van der Waals surface area contributed by atoms with Crippen molar-refractivity contribution in [3.8, 4) is 11.5 Å². The van der Waals surface area contributed by atoms with Gasteiger partial charge in [-0.1, -0.05) is 6.04 Å². The summed E-state index contributed by atoms with van der Waals surface area (Å²) in [5.41, 5.74) is -0.674. The maximum Gasteiger partial charge on any atom is 0.220 e. The summed E-state index contributed by atoms with van der Waals surface area (Å²) in [6.45, 7) is -0.444. The first kappa shape index (κ1) is 4.15. The van der Waals surface area contributed by atoms with Crippen molar-refractivity contribution in [2.45, 2.75) is 43.9 Å². The van der Waals surface area contributed by atoms with E-state index in [0.717, 1.165) is 0 Å². The molecule has 0 aromatic heterocycles. The molecule has 108 valence electrons. The van der Waals surface area contributed by atoms with E-state index < -0.39 is 98.6 Å². The van der Waals surface area contributed by atoms with Crippen molar-refractivity contribution < 1.29 is 36.2 Å². The quantitative estimate of drug-likeness (QED) is 0.927. The van der Waals surface area contributed by atoms with E-state index in [4.69, 9.17) is 26.7 Å². The molecule has 1 saturated heterocycles. The Morgan fingerprint density at radius 3 is 3.00 bits per heavy atom. The lowest BCUT2D eigenvalue weighted by atomic mass is 9.98.